The highest BCUT2D eigenvalue weighted by atomic mass is 16.6. The minimum absolute atomic E-state index is 0.164. The van der Waals surface area contributed by atoms with Gasteiger partial charge >= 0.3 is 17.9 Å². The number of hydrogen-bond donors (Lipinski definition) is 0. The first-order valence-electron chi connectivity index (χ1n) is 6.46. The summed E-state index contributed by atoms with van der Waals surface area (Å²) in [7, 11) is 0. The van der Waals surface area contributed by atoms with Crippen LogP contribution in [0.3, 0.4) is 0 Å². The van der Waals surface area contributed by atoms with Crippen LogP contribution in [-0.4, -0.2) is 37.7 Å². The molecule has 0 heterocycles. The highest BCUT2D eigenvalue weighted by molar-refractivity contribution is 5.88. The highest BCUT2D eigenvalue weighted by Gasteiger charge is 2.38. The average Bonchev–Trinajstić information content (AvgIpc) is 2.41. The summed E-state index contributed by atoms with van der Waals surface area (Å²) < 4.78 is 14.9. The Balaban J connectivity index is 4.88. The molecule has 6 nitrogen and oxygen atoms in total. The minimum atomic E-state index is -1.29. The molecule has 0 aromatic heterocycles. The molecular formula is C15H22O6. The Bertz CT molecular complexity index is 419. The summed E-state index contributed by atoms with van der Waals surface area (Å²) in [5, 5.41) is 0. The minimum Gasteiger partial charge on any atom is -0.465 e. The maximum Gasteiger partial charge on any atom is 0.333 e. The topological polar surface area (TPSA) is 78.9 Å². The van der Waals surface area contributed by atoms with Crippen molar-refractivity contribution in [2.75, 3.05) is 19.8 Å². The van der Waals surface area contributed by atoms with E-state index < -0.39 is 23.3 Å². The van der Waals surface area contributed by atoms with Crippen molar-refractivity contribution in [2.45, 2.75) is 27.7 Å². The van der Waals surface area contributed by atoms with E-state index in [-0.39, 0.29) is 31.0 Å². The molecule has 0 aliphatic rings. The summed E-state index contributed by atoms with van der Waals surface area (Å²) in [6.45, 7) is 12.6. The molecule has 21 heavy (non-hydrogen) atoms. The lowest BCUT2D eigenvalue weighted by molar-refractivity contribution is -0.167. The zero-order chi connectivity index (χ0) is 16.6. The van der Waals surface area contributed by atoms with Crippen LogP contribution in [0.15, 0.2) is 24.3 Å². The van der Waals surface area contributed by atoms with Gasteiger partial charge in [-0.05, 0) is 27.7 Å². The molecule has 0 radical (unpaired) electrons. The lowest BCUT2D eigenvalue weighted by Gasteiger charge is -2.26. The van der Waals surface area contributed by atoms with Gasteiger partial charge in [-0.25, -0.2) is 9.59 Å². The Hall–Kier alpha value is -2.11. The Labute approximate surface area is 124 Å². The molecule has 0 rings (SSSR count). The van der Waals surface area contributed by atoms with Crippen molar-refractivity contribution in [2.24, 2.45) is 5.41 Å². The third-order valence-electron chi connectivity index (χ3n) is 2.51. The normalized spacial score (nSPS) is 10.5. The van der Waals surface area contributed by atoms with E-state index in [1.807, 2.05) is 0 Å². The molecule has 0 N–H and O–H groups in total. The second kappa shape index (κ2) is 8.24. The summed E-state index contributed by atoms with van der Waals surface area (Å²) in [5.41, 5.74) is -0.869. The zero-order valence-electron chi connectivity index (χ0n) is 13.0. The number of rotatable bonds is 8. The number of carbonyl (C=O) groups excluding carboxylic acids is 3. The second-order valence-corrected chi connectivity index (χ2v) is 4.99. The molecule has 118 valence electrons. The molecule has 0 aromatic rings. The smallest absolute Gasteiger partial charge is 0.333 e. The fourth-order valence-electron chi connectivity index (χ4n) is 1.16. The molecular weight excluding hydrogens is 276 g/mol. The van der Waals surface area contributed by atoms with Gasteiger partial charge in [0.2, 0.25) is 0 Å². The molecule has 0 bridgehead atoms. The van der Waals surface area contributed by atoms with Gasteiger partial charge in [0.05, 0.1) is 6.61 Å². The maximum atomic E-state index is 12.0. The first kappa shape index (κ1) is 18.9. The van der Waals surface area contributed by atoms with Crippen LogP contribution in [0.25, 0.3) is 0 Å². The number of carbonyl (C=O) groups is 3. The van der Waals surface area contributed by atoms with Crippen LogP contribution in [0.4, 0.5) is 0 Å². The van der Waals surface area contributed by atoms with Crippen LogP contribution in [0, 0.1) is 5.41 Å². The van der Waals surface area contributed by atoms with E-state index in [1.54, 1.807) is 6.92 Å². The summed E-state index contributed by atoms with van der Waals surface area (Å²) in [6.07, 6.45) is 0. The van der Waals surface area contributed by atoms with Gasteiger partial charge in [0.25, 0.3) is 0 Å². The van der Waals surface area contributed by atoms with Gasteiger partial charge in [-0.2, -0.15) is 0 Å². The van der Waals surface area contributed by atoms with Crippen molar-refractivity contribution in [3.8, 4) is 0 Å². The summed E-state index contributed by atoms with van der Waals surface area (Å²) >= 11 is 0. The number of ether oxygens (including phenoxy) is 3. The van der Waals surface area contributed by atoms with E-state index in [0.717, 1.165) is 0 Å². The van der Waals surface area contributed by atoms with Crippen LogP contribution in [-0.2, 0) is 28.6 Å². The SMILES string of the molecule is C=C(C)C(=O)OCC(C)(COC(=O)C(=C)C)C(=O)OCC. The molecule has 0 amide bonds. The quantitative estimate of drug-likeness (QED) is 0.386. The lowest BCUT2D eigenvalue weighted by atomic mass is 9.93. The monoisotopic (exact) mass is 298 g/mol. The third kappa shape index (κ3) is 6.25. The third-order valence-corrected chi connectivity index (χ3v) is 2.51. The van der Waals surface area contributed by atoms with Crippen molar-refractivity contribution in [1.29, 1.82) is 0 Å². The van der Waals surface area contributed by atoms with E-state index in [1.165, 1.54) is 20.8 Å². The van der Waals surface area contributed by atoms with Gasteiger partial charge in [-0.3, -0.25) is 4.79 Å². The van der Waals surface area contributed by atoms with Crippen molar-refractivity contribution in [3.63, 3.8) is 0 Å². The molecule has 0 fully saturated rings. The van der Waals surface area contributed by atoms with Gasteiger partial charge in [0.1, 0.15) is 18.6 Å². The van der Waals surface area contributed by atoms with Crippen molar-refractivity contribution in [3.05, 3.63) is 24.3 Å². The molecule has 0 aliphatic carbocycles. The van der Waals surface area contributed by atoms with Crippen LogP contribution < -0.4 is 0 Å². The maximum absolute atomic E-state index is 12.0. The second-order valence-electron chi connectivity index (χ2n) is 4.99. The largest absolute Gasteiger partial charge is 0.465 e. The predicted molar refractivity (Wildman–Crippen MR) is 76.3 cm³/mol. The standard InChI is InChI=1S/C15H22O6/c1-7-19-14(18)15(6,8-20-12(16)10(2)3)9-21-13(17)11(4)5/h2,4,7-9H2,1,3,5-6H3. The van der Waals surface area contributed by atoms with Crippen molar-refractivity contribution in [1.82, 2.24) is 0 Å². The van der Waals surface area contributed by atoms with Gasteiger partial charge in [0, 0.05) is 11.1 Å². The average molecular weight is 298 g/mol. The zero-order valence-corrected chi connectivity index (χ0v) is 13.0. The van der Waals surface area contributed by atoms with E-state index in [9.17, 15) is 14.4 Å². The molecule has 6 heteroatoms. The lowest BCUT2D eigenvalue weighted by Crippen LogP contribution is -2.40. The van der Waals surface area contributed by atoms with Crippen LogP contribution >= 0.6 is 0 Å². The number of hydrogen-bond acceptors (Lipinski definition) is 6. The summed E-state index contributed by atoms with van der Waals surface area (Å²) in [5.74, 6) is -1.87. The van der Waals surface area contributed by atoms with E-state index in [0.29, 0.717) is 0 Å². The molecule has 0 atom stereocenters. The van der Waals surface area contributed by atoms with E-state index in [2.05, 4.69) is 13.2 Å². The Morgan fingerprint density at radius 3 is 1.57 bits per heavy atom. The fourth-order valence-corrected chi connectivity index (χ4v) is 1.16. The van der Waals surface area contributed by atoms with Crippen LogP contribution in [0.1, 0.15) is 27.7 Å². The molecule has 0 saturated heterocycles. The molecule has 0 aromatic carbocycles. The fraction of sp³-hybridized carbons (Fsp3) is 0.533. The van der Waals surface area contributed by atoms with Crippen LogP contribution in [0.5, 0.6) is 0 Å². The first-order chi connectivity index (χ1) is 9.64. The Morgan fingerprint density at radius 1 is 0.905 bits per heavy atom. The molecule has 0 aliphatic heterocycles. The Morgan fingerprint density at radius 2 is 1.29 bits per heavy atom. The van der Waals surface area contributed by atoms with E-state index >= 15 is 0 Å². The molecule has 0 spiro atoms. The molecule has 0 saturated carbocycles. The predicted octanol–water partition coefficient (Wildman–Crippen LogP) is 1.79. The van der Waals surface area contributed by atoms with E-state index in [4.69, 9.17) is 14.2 Å². The molecule has 0 unspecified atom stereocenters. The number of esters is 3. The summed E-state index contributed by atoms with van der Waals surface area (Å²) in [4.78, 5) is 34.8. The highest BCUT2D eigenvalue weighted by Crippen LogP contribution is 2.21. The van der Waals surface area contributed by atoms with Gasteiger partial charge in [-0.1, -0.05) is 13.2 Å². The summed E-state index contributed by atoms with van der Waals surface area (Å²) in [6, 6.07) is 0. The van der Waals surface area contributed by atoms with Gasteiger partial charge < -0.3 is 14.2 Å². The van der Waals surface area contributed by atoms with Gasteiger partial charge in [-0.15, -0.1) is 0 Å². The first-order valence-corrected chi connectivity index (χ1v) is 6.46. The Kier molecular flexibility index (Phi) is 7.41. The van der Waals surface area contributed by atoms with Crippen molar-refractivity contribution < 1.29 is 28.6 Å². The van der Waals surface area contributed by atoms with Crippen LogP contribution in [0.2, 0.25) is 0 Å². The van der Waals surface area contributed by atoms with Crippen molar-refractivity contribution >= 4 is 17.9 Å². The van der Waals surface area contributed by atoms with Gasteiger partial charge in [0.15, 0.2) is 0 Å².